The molecular formula is C27H32N2O4. The fraction of sp³-hybridized carbons (Fsp3) is 0.370. The maximum absolute atomic E-state index is 13.0. The van der Waals surface area contributed by atoms with Crippen molar-refractivity contribution in [2.45, 2.75) is 20.8 Å². The van der Waals surface area contributed by atoms with Crippen LogP contribution >= 0.6 is 0 Å². The van der Waals surface area contributed by atoms with Gasteiger partial charge in [-0.2, -0.15) is 0 Å². The van der Waals surface area contributed by atoms with Crippen LogP contribution < -0.4 is 9.47 Å². The van der Waals surface area contributed by atoms with Gasteiger partial charge in [0, 0.05) is 54.8 Å². The molecule has 0 N–H and O–H groups in total. The van der Waals surface area contributed by atoms with Crippen LogP contribution in [0.25, 0.3) is 27.7 Å². The lowest BCUT2D eigenvalue weighted by Gasteiger charge is -2.33. The minimum atomic E-state index is 0.0494. The number of hydrogen-bond donors (Lipinski definition) is 0. The number of hydrogen-bond acceptors (Lipinski definition) is 5. The van der Waals surface area contributed by atoms with Crippen molar-refractivity contribution in [2.75, 3.05) is 46.4 Å². The lowest BCUT2D eigenvalue weighted by Crippen LogP contribution is -2.48. The first kappa shape index (κ1) is 22.9. The second-order valence-corrected chi connectivity index (χ2v) is 8.24. The van der Waals surface area contributed by atoms with Crippen molar-refractivity contribution in [1.82, 2.24) is 9.80 Å². The fourth-order valence-corrected chi connectivity index (χ4v) is 4.27. The third-order valence-corrected chi connectivity index (χ3v) is 6.27. The summed E-state index contributed by atoms with van der Waals surface area (Å²) in [5.41, 5.74) is 4.57. The number of amides is 1. The van der Waals surface area contributed by atoms with E-state index in [1.807, 2.05) is 49.1 Å². The lowest BCUT2D eigenvalue weighted by molar-refractivity contribution is -0.127. The summed E-state index contributed by atoms with van der Waals surface area (Å²) in [6.07, 6.45) is 3.50. The summed E-state index contributed by atoms with van der Waals surface area (Å²) in [6.45, 7) is 11.0. The van der Waals surface area contributed by atoms with Crippen LogP contribution in [-0.2, 0) is 4.79 Å². The van der Waals surface area contributed by atoms with Gasteiger partial charge in [-0.05, 0) is 49.7 Å². The van der Waals surface area contributed by atoms with Crippen molar-refractivity contribution in [3.8, 4) is 22.6 Å². The topological polar surface area (TPSA) is 55.2 Å². The predicted molar refractivity (Wildman–Crippen MR) is 132 cm³/mol. The summed E-state index contributed by atoms with van der Waals surface area (Å²) < 4.78 is 17.1. The number of benzene rings is 2. The largest absolute Gasteiger partial charge is 0.497 e. The lowest BCUT2D eigenvalue weighted by atomic mass is 9.99. The zero-order valence-electron chi connectivity index (χ0n) is 19.9. The number of carbonyl (C=O) groups is 1. The van der Waals surface area contributed by atoms with Crippen LogP contribution in [0.4, 0.5) is 0 Å². The number of ether oxygens (including phenoxy) is 2. The molecule has 0 aliphatic carbocycles. The van der Waals surface area contributed by atoms with E-state index in [1.54, 1.807) is 19.4 Å². The summed E-state index contributed by atoms with van der Waals surface area (Å²) in [5.74, 6) is 1.58. The maximum atomic E-state index is 13.0. The van der Waals surface area contributed by atoms with Crippen molar-refractivity contribution >= 4 is 22.4 Å². The van der Waals surface area contributed by atoms with Crippen LogP contribution in [0.1, 0.15) is 26.3 Å². The number of methoxy groups -OCH3 is 1. The summed E-state index contributed by atoms with van der Waals surface area (Å²) >= 11 is 0. The summed E-state index contributed by atoms with van der Waals surface area (Å²) in [7, 11) is 1.66. The van der Waals surface area contributed by atoms with E-state index in [1.165, 1.54) is 0 Å². The number of carbonyl (C=O) groups excluding carboxylic acids is 1. The number of allylic oxidation sites excluding steroid dienone is 1. The van der Waals surface area contributed by atoms with Crippen molar-refractivity contribution < 1.29 is 18.7 Å². The second-order valence-electron chi connectivity index (χ2n) is 8.24. The normalized spacial score (nSPS) is 15.2. The van der Waals surface area contributed by atoms with Crippen LogP contribution in [0.2, 0.25) is 0 Å². The Morgan fingerprint density at radius 3 is 2.45 bits per heavy atom. The van der Waals surface area contributed by atoms with Crippen molar-refractivity contribution in [1.29, 1.82) is 0 Å². The van der Waals surface area contributed by atoms with Gasteiger partial charge in [-0.25, -0.2) is 0 Å². The van der Waals surface area contributed by atoms with E-state index in [9.17, 15) is 4.79 Å². The van der Waals surface area contributed by atoms with E-state index in [0.29, 0.717) is 6.61 Å². The highest BCUT2D eigenvalue weighted by Crippen LogP contribution is 2.38. The van der Waals surface area contributed by atoms with E-state index in [4.69, 9.17) is 13.9 Å². The summed E-state index contributed by atoms with van der Waals surface area (Å²) in [4.78, 5) is 17.3. The molecule has 2 aromatic carbocycles. The van der Waals surface area contributed by atoms with Gasteiger partial charge in [0.2, 0.25) is 5.91 Å². The SMILES string of the molecule is CCOc1cc2occ(-c3ccc(OC)cc3)c2cc1/C(C)=C/C(=O)N1CCN(CC)CC1. The average molecular weight is 449 g/mol. The van der Waals surface area contributed by atoms with Crippen molar-refractivity contribution in [3.63, 3.8) is 0 Å². The summed E-state index contributed by atoms with van der Waals surface area (Å²) in [6, 6.07) is 11.9. The molecule has 1 aliphatic rings. The molecule has 6 heteroatoms. The van der Waals surface area contributed by atoms with E-state index in [0.717, 1.165) is 77.5 Å². The predicted octanol–water partition coefficient (Wildman–Crippen LogP) is 5.07. The molecule has 2 heterocycles. The number of fused-ring (bicyclic) bond motifs is 1. The van der Waals surface area contributed by atoms with Crippen LogP contribution in [0.15, 0.2) is 53.2 Å². The van der Waals surface area contributed by atoms with Crippen LogP contribution in [0, 0.1) is 0 Å². The van der Waals surface area contributed by atoms with Crippen molar-refractivity contribution in [3.05, 3.63) is 54.3 Å². The highest BCUT2D eigenvalue weighted by atomic mass is 16.5. The van der Waals surface area contributed by atoms with E-state index in [-0.39, 0.29) is 5.91 Å². The quantitative estimate of drug-likeness (QED) is 0.472. The molecule has 1 saturated heterocycles. The number of rotatable bonds is 7. The Morgan fingerprint density at radius 1 is 1.09 bits per heavy atom. The van der Waals surface area contributed by atoms with Gasteiger partial charge in [0.1, 0.15) is 17.1 Å². The van der Waals surface area contributed by atoms with Crippen LogP contribution in [0.5, 0.6) is 11.5 Å². The van der Waals surface area contributed by atoms with Crippen molar-refractivity contribution in [2.24, 2.45) is 0 Å². The first-order valence-electron chi connectivity index (χ1n) is 11.6. The first-order chi connectivity index (χ1) is 16.0. The van der Waals surface area contributed by atoms with Gasteiger partial charge >= 0.3 is 0 Å². The molecule has 0 radical (unpaired) electrons. The molecule has 33 heavy (non-hydrogen) atoms. The van der Waals surface area contributed by atoms with Gasteiger partial charge in [0.25, 0.3) is 0 Å². The number of nitrogens with zero attached hydrogens (tertiary/aromatic N) is 2. The second kappa shape index (κ2) is 10.1. The molecule has 3 aromatic rings. The van der Waals surface area contributed by atoms with Gasteiger partial charge in [-0.15, -0.1) is 0 Å². The molecule has 6 nitrogen and oxygen atoms in total. The zero-order valence-corrected chi connectivity index (χ0v) is 19.9. The summed E-state index contributed by atoms with van der Waals surface area (Å²) in [5, 5.41) is 0.982. The highest BCUT2D eigenvalue weighted by Gasteiger charge is 2.20. The van der Waals surface area contributed by atoms with Crippen LogP contribution in [0.3, 0.4) is 0 Å². The Kier molecular flexibility index (Phi) is 7.04. The third-order valence-electron chi connectivity index (χ3n) is 6.27. The molecule has 1 amide bonds. The maximum Gasteiger partial charge on any atom is 0.246 e. The molecule has 1 fully saturated rings. The monoisotopic (exact) mass is 448 g/mol. The van der Waals surface area contributed by atoms with E-state index < -0.39 is 0 Å². The zero-order chi connectivity index (χ0) is 23.4. The number of likely N-dealkylation sites (N-methyl/N-ethyl adjacent to an activating group) is 1. The molecule has 4 rings (SSSR count). The third kappa shape index (κ3) is 4.91. The Balaban J connectivity index is 1.68. The number of furan rings is 1. The number of piperazine rings is 1. The Bertz CT molecular complexity index is 1140. The van der Waals surface area contributed by atoms with E-state index in [2.05, 4.69) is 17.9 Å². The minimum absolute atomic E-state index is 0.0494. The van der Waals surface area contributed by atoms with Gasteiger partial charge in [0.15, 0.2) is 0 Å². The first-order valence-corrected chi connectivity index (χ1v) is 11.6. The smallest absolute Gasteiger partial charge is 0.246 e. The molecule has 0 bridgehead atoms. The Morgan fingerprint density at radius 2 is 1.82 bits per heavy atom. The Hall–Kier alpha value is -3.25. The van der Waals surface area contributed by atoms with E-state index >= 15 is 0 Å². The van der Waals surface area contributed by atoms with Gasteiger partial charge in [0.05, 0.1) is 20.0 Å². The van der Waals surface area contributed by atoms with Gasteiger partial charge in [-0.3, -0.25) is 4.79 Å². The average Bonchev–Trinajstić information content (AvgIpc) is 3.26. The minimum Gasteiger partial charge on any atom is -0.497 e. The standard InChI is InChI=1S/C27H32N2O4/c1-5-28-11-13-29(14-12-28)27(30)15-19(3)22-16-23-24(20-7-9-21(31-4)10-8-20)18-33-26(23)17-25(22)32-6-2/h7-10,15-18H,5-6,11-14H2,1-4H3/b19-15+. The van der Waals surface area contributed by atoms with Gasteiger partial charge < -0.3 is 23.7 Å². The Labute approximate surface area is 195 Å². The highest BCUT2D eigenvalue weighted by molar-refractivity contribution is 6.00. The van der Waals surface area contributed by atoms with Gasteiger partial charge in [-0.1, -0.05) is 19.1 Å². The molecule has 0 atom stereocenters. The molecule has 0 spiro atoms. The molecule has 0 saturated carbocycles. The molecule has 1 aliphatic heterocycles. The van der Waals surface area contributed by atoms with Crippen LogP contribution in [-0.4, -0.2) is 62.1 Å². The molecule has 0 unspecified atom stereocenters. The fourth-order valence-electron chi connectivity index (χ4n) is 4.27. The molecule has 1 aromatic heterocycles. The molecular weight excluding hydrogens is 416 g/mol. The molecule has 174 valence electrons.